The molecule has 3 N–H and O–H groups in total. The fraction of sp³-hybridized carbons (Fsp3) is 0.350. The van der Waals surface area contributed by atoms with Gasteiger partial charge in [0, 0.05) is 52.6 Å². The summed E-state index contributed by atoms with van der Waals surface area (Å²) >= 11 is 0. The number of aromatic nitrogens is 2. The SMILES string of the molecule is CN(C)C(=O)c1nc2ccc(C3=CCCN(C(=O)CCN4C=CNN4)C3)cc2[nH]1. The molecule has 2 aromatic rings. The van der Waals surface area contributed by atoms with E-state index in [9.17, 15) is 9.59 Å². The maximum absolute atomic E-state index is 12.6. The van der Waals surface area contributed by atoms with Gasteiger partial charge >= 0.3 is 0 Å². The Labute approximate surface area is 169 Å². The maximum atomic E-state index is 12.6. The van der Waals surface area contributed by atoms with Crippen LogP contribution in [0.15, 0.2) is 36.7 Å². The van der Waals surface area contributed by atoms with Gasteiger partial charge in [-0.2, -0.15) is 0 Å². The Morgan fingerprint density at radius 2 is 2.14 bits per heavy atom. The summed E-state index contributed by atoms with van der Waals surface area (Å²) in [5.41, 5.74) is 9.52. The molecule has 9 heteroatoms. The molecule has 152 valence electrons. The summed E-state index contributed by atoms with van der Waals surface area (Å²) < 4.78 is 0. The third-order valence-electron chi connectivity index (χ3n) is 5.08. The highest BCUT2D eigenvalue weighted by Crippen LogP contribution is 2.24. The van der Waals surface area contributed by atoms with E-state index >= 15 is 0 Å². The van der Waals surface area contributed by atoms with Gasteiger partial charge < -0.3 is 20.2 Å². The molecule has 3 heterocycles. The molecule has 0 aliphatic carbocycles. The first-order valence-corrected chi connectivity index (χ1v) is 9.64. The number of carbonyl (C=O) groups is 2. The minimum Gasteiger partial charge on any atom is -0.342 e. The third kappa shape index (κ3) is 4.09. The molecule has 29 heavy (non-hydrogen) atoms. The van der Waals surface area contributed by atoms with Crippen molar-refractivity contribution < 1.29 is 9.59 Å². The Balaban J connectivity index is 1.45. The summed E-state index contributed by atoms with van der Waals surface area (Å²) in [4.78, 5) is 35.6. The van der Waals surface area contributed by atoms with Gasteiger partial charge in [0.2, 0.25) is 5.91 Å². The first-order chi connectivity index (χ1) is 14.0. The van der Waals surface area contributed by atoms with Crippen LogP contribution in [0, 0.1) is 0 Å². The van der Waals surface area contributed by atoms with Crippen molar-refractivity contribution in [2.75, 3.05) is 33.7 Å². The summed E-state index contributed by atoms with van der Waals surface area (Å²) in [6.07, 6.45) is 7.11. The number of nitrogens with one attached hydrogen (secondary N) is 3. The number of hydrogen-bond donors (Lipinski definition) is 3. The number of rotatable bonds is 5. The smallest absolute Gasteiger partial charge is 0.289 e. The molecular weight excluding hydrogens is 370 g/mol. The highest BCUT2D eigenvalue weighted by molar-refractivity contribution is 5.94. The van der Waals surface area contributed by atoms with E-state index in [0.29, 0.717) is 25.3 Å². The second-order valence-corrected chi connectivity index (χ2v) is 7.37. The average Bonchev–Trinajstić information content (AvgIpc) is 3.40. The zero-order chi connectivity index (χ0) is 20.4. The molecule has 1 aromatic heterocycles. The van der Waals surface area contributed by atoms with Crippen molar-refractivity contribution in [1.29, 1.82) is 0 Å². The van der Waals surface area contributed by atoms with Gasteiger partial charge in [0.15, 0.2) is 5.82 Å². The van der Waals surface area contributed by atoms with Crippen molar-refractivity contribution in [3.63, 3.8) is 0 Å². The second kappa shape index (κ2) is 7.96. The zero-order valence-electron chi connectivity index (χ0n) is 16.6. The van der Waals surface area contributed by atoms with Gasteiger partial charge in [-0.1, -0.05) is 12.1 Å². The highest BCUT2D eigenvalue weighted by Gasteiger charge is 2.20. The van der Waals surface area contributed by atoms with Crippen LogP contribution < -0.4 is 11.0 Å². The topological polar surface area (TPSA) is 96.6 Å². The molecule has 0 saturated heterocycles. The number of nitrogens with zero attached hydrogens (tertiary/aromatic N) is 4. The molecule has 0 atom stereocenters. The lowest BCUT2D eigenvalue weighted by atomic mass is 10.0. The molecule has 4 rings (SSSR count). The van der Waals surface area contributed by atoms with Crippen LogP contribution in [0.4, 0.5) is 0 Å². The largest absolute Gasteiger partial charge is 0.342 e. The lowest BCUT2D eigenvalue weighted by molar-refractivity contribution is -0.131. The summed E-state index contributed by atoms with van der Waals surface area (Å²) in [5, 5.41) is 1.84. The van der Waals surface area contributed by atoms with Gasteiger partial charge in [-0.3, -0.25) is 14.6 Å². The van der Waals surface area contributed by atoms with Crippen molar-refractivity contribution >= 4 is 28.4 Å². The van der Waals surface area contributed by atoms with Crippen molar-refractivity contribution in [2.45, 2.75) is 12.8 Å². The summed E-state index contributed by atoms with van der Waals surface area (Å²) in [6.45, 7) is 1.93. The number of fused-ring (bicyclic) bond motifs is 1. The fourth-order valence-electron chi connectivity index (χ4n) is 3.48. The maximum Gasteiger partial charge on any atom is 0.289 e. The van der Waals surface area contributed by atoms with Gasteiger partial charge in [-0.15, -0.1) is 5.53 Å². The van der Waals surface area contributed by atoms with Crippen LogP contribution in [0.3, 0.4) is 0 Å². The number of aromatic amines is 1. The molecule has 0 radical (unpaired) electrons. The Hall–Kier alpha value is -3.33. The first-order valence-electron chi connectivity index (χ1n) is 9.64. The molecule has 0 unspecified atom stereocenters. The summed E-state index contributed by atoms with van der Waals surface area (Å²) in [6, 6.07) is 5.91. The van der Waals surface area contributed by atoms with Crippen molar-refractivity contribution in [3.8, 4) is 0 Å². The van der Waals surface area contributed by atoms with Crippen LogP contribution >= 0.6 is 0 Å². The van der Waals surface area contributed by atoms with Gasteiger partial charge in [-0.05, 0) is 29.7 Å². The molecule has 2 aliphatic heterocycles. The second-order valence-electron chi connectivity index (χ2n) is 7.37. The van der Waals surface area contributed by atoms with E-state index in [2.05, 4.69) is 27.0 Å². The van der Waals surface area contributed by atoms with Crippen LogP contribution in [-0.2, 0) is 4.79 Å². The standard InChI is InChI=1S/C20H25N7O2/c1-25(2)20(29)19-22-16-6-5-14(12-17(16)23-19)15-4-3-9-26(13-15)18(28)7-10-27-11-8-21-24-27/h4-6,8,11-12,21,24H,3,7,9-10,13H2,1-2H3,(H,22,23). The predicted octanol–water partition coefficient (Wildman–Crippen LogP) is 1.07. The Bertz CT molecular complexity index is 992. The Morgan fingerprint density at radius 3 is 2.90 bits per heavy atom. The van der Waals surface area contributed by atoms with E-state index in [1.165, 1.54) is 4.90 Å². The van der Waals surface area contributed by atoms with Crippen molar-refractivity contribution in [2.24, 2.45) is 0 Å². The van der Waals surface area contributed by atoms with Gasteiger partial charge in [0.1, 0.15) is 0 Å². The molecule has 0 spiro atoms. The molecule has 1 aromatic carbocycles. The minimum absolute atomic E-state index is 0.138. The molecular formula is C20H25N7O2. The average molecular weight is 395 g/mol. The Morgan fingerprint density at radius 1 is 1.28 bits per heavy atom. The van der Waals surface area contributed by atoms with E-state index < -0.39 is 0 Å². The summed E-state index contributed by atoms with van der Waals surface area (Å²) in [7, 11) is 3.40. The molecule has 0 bridgehead atoms. The molecule has 9 nitrogen and oxygen atoms in total. The fourth-order valence-corrected chi connectivity index (χ4v) is 3.48. The van der Waals surface area contributed by atoms with Crippen molar-refractivity contribution in [1.82, 2.24) is 35.7 Å². The van der Waals surface area contributed by atoms with Crippen LogP contribution in [0.2, 0.25) is 0 Å². The number of hydrogen-bond acceptors (Lipinski definition) is 6. The monoisotopic (exact) mass is 395 g/mol. The van der Waals surface area contributed by atoms with E-state index in [1.807, 2.05) is 34.3 Å². The minimum atomic E-state index is -0.158. The van der Waals surface area contributed by atoms with E-state index in [0.717, 1.165) is 35.1 Å². The first kappa shape index (κ1) is 19.0. The lowest BCUT2D eigenvalue weighted by Gasteiger charge is -2.28. The summed E-state index contributed by atoms with van der Waals surface area (Å²) in [5.74, 6) is 0.309. The number of amides is 2. The predicted molar refractivity (Wildman–Crippen MR) is 110 cm³/mol. The number of carbonyl (C=O) groups excluding carboxylic acids is 2. The van der Waals surface area contributed by atoms with E-state index in [1.54, 1.807) is 20.3 Å². The molecule has 2 aliphatic rings. The van der Waals surface area contributed by atoms with Gasteiger partial charge in [0.25, 0.3) is 5.91 Å². The van der Waals surface area contributed by atoms with Crippen LogP contribution in [0.1, 0.15) is 29.0 Å². The molecule has 2 amide bonds. The molecule has 0 fully saturated rings. The zero-order valence-corrected chi connectivity index (χ0v) is 16.6. The van der Waals surface area contributed by atoms with E-state index in [4.69, 9.17) is 0 Å². The highest BCUT2D eigenvalue weighted by atomic mass is 16.2. The van der Waals surface area contributed by atoms with Crippen molar-refractivity contribution in [3.05, 3.63) is 48.1 Å². The molecule has 0 saturated carbocycles. The van der Waals surface area contributed by atoms with Crippen LogP contribution in [-0.4, -0.2) is 70.3 Å². The number of hydrazine groups is 2. The van der Waals surface area contributed by atoms with Crippen LogP contribution in [0.25, 0.3) is 16.6 Å². The van der Waals surface area contributed by atoms with E-state index in [-0.39, 0.29) is 11.8 Å². The number of imidazole rings is 1. The normalized spacial score (nSPS) is 16.1. The lowest BCUT2D eigenvalue weighted by Crippen LogP contribution is -2.40. The van der Waals surface area contributed by atoms with Crippen LogP contribution in [0.5, 0.6) is 0 Å². The number of benzene rings is 1. The third-order valence-corrected chi connectivity index (χ3v) is 5.08. The Kier molecular flexibility index (Phi) is 5.22. The number of H-pyrrole nitrogens is 1. The quantitative estimate of drug-likeness (QED) is 0.701. The van der Waals surface area contributed by atoms with Gasteiger partial charge in [0.05, 0.1) is 11.0 Å². The van der Waals surface area contributed by atoms with Gasteiger partial charge in [-0.25, -0.2) is 4.98 Å².